The van der Waals surface area contributed by atoms with Crippen LogP contribution in [0.4, 0.5) is 5.69 Å². The molecule has 2 N–H and O–H groups in total. The molecule has 0 aliphatic carbocycles. The standard InChI is InChI=1S/C29H31ClN2O5/c1-32-16-14-22(15-17-32)37-24-8-5-7-23(18-24)36-19-21-6-3-4-9-25(21)31-27(33)13-11-20-10-12-26(35-2)29(34)28(20)30/h3-13,18,22,34H,14-17,19H2,1-2H3,(H,31,33)/b13-11+. The SMILES string of the molecule is COc1ccc(/C=C/C(=O)Nc2ccccc2COc2cccc(OC3CCN(C)CC3)c2)c(Cl)c1O. The molecule has 0 aromatic heterocycles. The zero-order valence-corrected chi connectivity index (χ0v) is 21.7. The molecule has 1 aliphatic rings. The fraction of sp³-hybridized carbons (Fsp3) is 0.276. The molecule has 1 saturated heterocycles. The predicted octanol–water partition coefficient (Wildman–Crippen LogP) is 5.76. The van der Waals surface area contributed by atoms with Crippen LogP contribution in [-0.2, 0) is 11.4 Å². The number of anilines is 1. The van der Waals surface area contributed by atoms with Gasteiger partial charge >= 0.3 is 0 Å². The molecule has 8 heteroatoms. The molecule has 0 radical (unpaired) electrons. The highest BCUT2D eigenvalue weighted by Crippen LogP contribution is 2.36. The summed E-state index contributed by atoms with van der Waals surface area (Å²) in [5, 5.41) is 13.1. The number of halogens is 1. The topological polar surface area (TPSA) is 80.3 Å². The lowest BCUT2D eigenvalue weighted by Crippen LogP contribution is -2.35. The minimum Gasteiger partial charge on any atom is -0.503 e. The van der Waals surface area contributed by atoms with E-state index in [1.54, 1.807) is 12.1 Å². The van der Waals surface area contributed by atoms with E-state index in [1.807, 2.05) is 48.5 Å². The van der Waals surface area contributed by atoms with Gasteiger partial charge < -0.3 is 29.5 Å². The highest BCUT2D eigenvalue weighted by atomic mass is 35.5. The Morgan fingerprint density at radius 2 is 1.86 bits per heavy atom. The Kier molecular flexibility index (Phi) is 8.93. The molecule has 194 valence electrons. The van der Waals surface area contributed by atoms with E-state index in [1.165, 1.54) is 19.3 Å². The number of para-hydroxylation sites is 1. The molecule has 1 aliphatic heterocycles. The van der Waals surface area contributed by atoms with Crippen molar-refractivity contribution in [3.05, 3.63) is 82.9 Å². The van der Waals surface area contributed by atoms with Gasteiger partial charge in [-0.1, -0.05) is 35.9 Å². The van der Waals surface area contributed by atoms with E-state index in [0.717, 1.165) is 37.2 Å². The number of hydrogen-bond donors (Lipinski definition) is 2. The number of likely N-dealkylation sites (tertiary alicyclic amines) is 1. The van der Waals surface area contributed by atoms with E-state index in [9.17, 15) is 9.90 Å². The van der Waals surface area contributed by atoms with E-state index in [0.29, 0.717) is 17.0 Å². The van der Waals surface area contributed by atoms with Gasteiger partial charge in [-0.2, -0.15) is 0 Å². The predicted molar refractivity (Wildman–Crippen MR) is 146 cm³/mol. The quantitative estimate of drug-likeness (QED) is 0.348. The highest BCUT2D eigenvalue weighted by molar-refractivity contribution is 6.33. The Balaban J connectivity index is 1.36. The number of carbonyl (C=O) groups excluding carboxylic acids is 1. The second-order valence-corrected chi connectivity index (χ2v) is 9.26. The fourth-order valence-electron chi connectivity index (χ4n) is 4.06. The smallest absolute Gasteiger partial charge is 0.248 e. The van der Waals surface area contributed by atoms with Crippen molar-refractivity contribution in [2.24, 2.45) is 0 Å². The number of carbonyl (C=O) groups is 1. The van der Waals surface area contributed by atoms with Crippen molar-refractivity contribution in [1.29, 1.82) is 0 Å². The molecule has 0 spiro atoms. The molecule has 1 amide bonds. The third-order valence-corrected chi connectivity index (χ3v) is 6.58. The summed E-state index contributed by atoms with van der Waals surface area (Å²) in [6, 6.07) is 18.3. The Labute approximate surface area is 222 Å². The lowest BCUT2D eigenvalue weighted by Gasteiger charge is -2.29. The lowest BCUT2D eigenvalue weighted by atomic mass is 10.1. The van der Waals surface area contributed by atoms with Crippen LogP contribution >= 0.6 is 11.6 Å². The van der Waals surface area contributed by atoms with Crippen LogP contribution in [0.5, 0.6) is 23.0 Å². The molecule has 0 atom stereocenters. The molecule has 3 aromatic rings. The summed E-state index contributed by atoms with van der Waals surface area (Å²) in [4.78, 5) is 14.9. The first-order valence-corrected chi connectivity index (χ1v) is 12.5. The van der Waals surface area contributed by atoms with Crippen LogP contribution in [0.2, 0.25) is 5.02 Å². The van der Waals surface area contributed by atoms with Gasteiger partial charge in [-0.05, 0) is 61.9 Å². The molecular formula is C29H31ClN2O5. The number of nitrogens with one attached hydrogen (secondary N) is 1. The molecule has 37 heavy (non-hydrogen) atoms. The maximum absolute atomic E-state index is 12.6. The van der Waals surface area contributed by atoms with Gasteiger partial charge in [0.15, 0.2) is 11.5 Å². The number of nitrogens with zero attached hydrogens (tertiary/aromatic N) is 1. The third kappa shape index (κ3) is 7.18. The van der Waals surface area contributed by atoms with Gasteiger partial charge in [0.1, 0.15) is 24.2 Å². The van der Waals surface area contributed by atoms with Crippen molar-refractivity contribution in [2.75, 3.05) is 32.6 Å². The van der Waals surface area contributed by atoms with Gasteiger partial charge in [0.05, 0.1) is 12.1 Å². The number of hydrogen-bond acceptors (Lipinski definition) is 6. The number of phenolic OH excluding ortho intramolecular Hbond substituents is 1. The molecular weight excluding hydrogens is 492 g/mol. The first kappa shape index (κ1) is 26.4. The number of aromatic hydroxyl groups is 1. The average molecular weight is 523 g/mol. The summed E-state index contributed by atoms with van der Waals surface area (Å²) in [7, 11) is 3.57. The minimum absolute atomic E-state index is 0.110. The van der Waals surface area contributed by atoms with Gasteiger partial charge in [-0.3, -0.25) is 4.79 Å². The number of piperidine rings is 1. The molecule has 0 bridgehead atoms. The maximum atomic E-state index is 12.6. The Morgan fingerprint density at radius 3 is 2.65 bits per heavy atom. The van der Waals surface area contributed by atoms with E-state index in [2.05, 4.69) is 17.3 Å². The lowest BCUT2D eigenvalue weighted by molar-refractivity contribution is -0.111. The molecule has 1 fully saturated rings. The Hall–Kier alpha value is -3.68. The van der Waals surface area contributed by atoms with Crippen LogP contribution in [0.15, 0.2) is 66.7 Å². The second-order valence-electron chi connectivity index (χ2n) is 8.88. The molecule has 1 heterocycles. The first-order chi connectivity index (χ1) is 17.9. The number of rotatable bonds is 9. The third-order valence-electron chi connectivity index (χ3n) is 6.19. The largest absolute Gasteiger partial charge is 0.503 e. The van der Waals surface area contributed by atoms with Crippen molar-refractivity contribution in [3.63, 3.8) is 0 Å². The number of phenols is 1. The number of amides is 1. The second kappa shape index (κ2) is 12.5. The van der Waals surface area contributed by atoms with Gasteiger partial charge in [0.2, 0.25) is 5.91 Å². The monoisotopic (exact) mass is 522 g/mol. The normalized spacial score (nSPS) is 14.5. The maximum Gasteiger partial charge on any atom is 0.248 e. The zero-order valence-electron chi connectivity index (χ0n) is 20.9. The van der Waals surface area contributed by atoms with Crippen LogP contribution in [0, 0.1) is 0 Å². The summed E-state index contributed by atoms with van der Waals surface area (Å²) < 4.78 is 17.2. The summed E-state index contributed by atoms with van der Waals surface area (Å²) >= 11 is 6.18. The molecule has 7 nitrogen and oxygen atoms in total. The van der Waals surface area contributed by atoms with Crippen LogP contribution in [0.25, 0.3) is 6.08 Å². The number of ether oxygens (including phenoxy) is 3. The molecule has 0 unspecified atom stereocenters. The summed E-state index contributed by atoms with van der Waals surface area (Å²) in [5.74, 6) is 1.24. The van der Waals surface area contributed by atoms with Crippen molar-refractivity contribution in [3.8, 4) is 23.0 Å². The van der Waals surface area contributed by atoms with Crippen LogP contribution in [-0.4, -0.2) is 49.3 Å². The summed E-state index contributed by atoms with van der Waals surface area (Å²) in [5.41, 5.74) is 1.96. The molecule has 3 aromatic carbocycles. The van der Waals surface area contributed by atoms with Crippen LogP contribution < -0.4 is 19.5 Å². The van der Waals surface area contributed by atoms with Crippen LogP contribution in [0.1, 0.15) is 24.0 Å². The molecule has 4 rings (SSSR count). The van der Waals surface area contributed by atoms with Gasteiger partial charge in [0, 0.05) is 36.5 Å². The number of benzene rings is 3. The van der Waals surface area contributed by atoms with E-state index < -0.39 is 0 Å². The van der Waals surface area contributed by atoms with Crippen LogP contribution in [0.3, 0.4) is 0 Å². The Morgan fingerprint density at radius 1 is 1.11 bits per heavy atom. The highest BCUT2D eigenvalue weighted by Gasteiger charge is 2.18. The minimum atomic E-state index is -0.340. The number of methoxy groups -OCH3 is 1. The average Bonchev–Trinajstić information content (AvgIpc) is 2.90. The first-order valence-electron chi connectivity index (χ1n) is 12.1. The fourth-order valence-corrected chi connectivity index (χ4v) is 4.28. The zero-order chi connectivity index (χ0) is 26.2. The van der Waals surface area contributed by atoms with E-state index in [4.69, 9.17) is 25.8 Å². The summed E-state index contributed by atoms with van der Waals surface area (Å²) in [6.07, 6.45) is 5.12. The molecule has 0 saturated carbocycles. The van der Waals surface area contributed by atoms with Gasteiger partial charge in [-0.15, -0.1) is 0 Å². The van der Waals surface area contributed by atoms with Gasteiger partial charge in [-0.25, -0.2) is 0 Å². The van der Waals surface area contributed by atoms with Crippen molar-refractivity contribution < 1.29 is 24.1 Å². The van der Waals surface area contributed by atoms with Gasteiger partial charge in [0.25, 0.3) is 0 Å². The summed E-state index contributed by atoms with van der Waals surface area (Å²) in [6.45, 7) is 2.35. The van der Waals surface area contributed by atoms with Crippen molar-refractivity contribution in [2.45, 2.75) is 25.6 Å². The van der Waals surface area contributed by atoms with E-state index >= 15 is 0 Å². The van der Waals surface area contributed by atoms with E-state index in [-0.39, 0.29) is 35.1 Å². The van der Waals surface area contributed by atoms with Crippen molar-refractivity contribution >= 4 is 29.3 Å². The van der Waals surface area contributed by atoms with Crippen molar-refractivity contribution in [1.82, 2.24) is 4.90 Å². The Bertz CT molecular complexity index is 1250.